The Morgan fingerprint density at radius 3 is 2.91 bits per heavy atom. The van der Waals surface area contributed by atoms with Crippen LogP contribution < -0.4 is 4.74 Å². The maximum Gasteiger partial charge on any atom is 0.213 e. The first kappa shape index (κ1) is 14.3. The highest BCUT2D eigenvalue weighted by atomic mass is 16.5. The average Bonchev–Trinajstić information content (AvgIpc) is 3.20. The fraction of sp³-hybridized carbons (Fsp3) is 0.412. The normalized spacial score (nSPS) is 16.9. The summed E-state index contributed by atoms with van der Waals surface area (Å²) in [4.78, 5) is 6.42. The van der Waals surface area contributed by atoms with Crippen LogP contribution >= 0.6 is 0 Å². The molecule has 120 valence electrons. The second-order valence-corrected chi connectivity index (χ2v) is 6.06. The van der Waals surface area contributed by atoms with Crippen molar-refractivity contribution in [1.29, 1.82) is 0 Å². The second-order valence-electron chi connectivity index (χ2n) is 6.06. The molecule has 3 heterocycles. The summed E-state index contributed by atoms with van der Waals surface area (Å²) in [6.45, 7) is 2.73. The summed E-state index contributed by atoms with van der Waals surface area (Å²) in [6, 6.07) is 8.36. The molecule has 0 aliphatic carbocycles. The first-order valence-electron chi connectivity index (χ1n) is 7.98. The zero-order valence-electron chi connectivity index (χ0n) is 13.2. The Morgan fingerprint density at radius 2 is 2.13 bits per heavy atom. The highest BCUT2D eigenvalue weighted by Crippen LogP contribution is 2.28. The first-order chi connectivity index (χ1) is 11.3. The topological polar surface area (TPSA) is 56.3 Å². The van der Waals surface area contributed by atoms with E-state index in [0.717, 1.165) is 44.0 Å². The minimum Gasteiger partial charge on any atom is -0.490 e. The molecule has 6 nitrogen and oxygen atoms in total. The lowest BCUT2D eigenvalue weighted by Gasteiger charge is -2.31. The predicted octanol–water partition coefficient (Wildman–Crippen LogP) is 2.60. The minimum atomic E-state index is 0.266. The molecule has 4 rings (SSSR count). The Bertz CT molecular complexity index is 773. The van der Waals surface area contributed by atoms with Crippen molar-refractivity contribution in [1.82, 2.24) is 19.6 Å². The van der Waals surface area contributed by atoms with E-state index in [9.17, 15) is 0 Å². The third kappa shape index (κ3) is 2.94. The number of rotatable bonds is 4. The van der Waals surface area contributed by atoms with Gasteiger partial charge in [-0.1, -0.05) is 11.2 Å². The van der Waals surface area contributed by atoms with Gasteiger partial charge < -0.3 is 13.8 Å². The van der Waals surface area contributed by atoms with Crippen LogP contribution in [0.5, 0.6) is 5.75 Å². The smallest absolute Gasteiger partial charge is 0.213 e. The Balaban J connectivity index is 1.39. The second kappa shape index (κ2) is 6.04. The molecule has 6 heteroatoms. The molecule has 23 heavy (non-hydrogen) atoms. The summed E-state index contributed by atoms with van der Waals surface area (Å²) in [7, 11) is 2.06. The van der Waals surface area contributed by atoms with Gasteiger partial charge >= 0.3 is 0 Å². The highest BCUT2D eigenvalue weighted by molar-refractivity contribution is 5.86. The summed E-state index contributed by atoms with van der Waals surface area (Å²) >= 11 is 0. The lowest BCUT2D eigenvalue weighted by molar-refractivity contribution is 0.0960. The number of aromatic nitrogens is 3. The Hall–Kier alpha value is -2.34. The third-order valence-electron chi connectivity index (χ3n) is 4.49. The van der Waals surface area contributed by atoms with E-state index in [1.165, 1.54) is 17.3 Å². The maximum atomic E-state index is 6.28. The van der Waals surface area contributed by atoms with Crippen LogP contribution in [0.4, 0.5) is 0 Å². The van der Waals surface area contributed by atoms with Crippen LogP contribution in [0, 0.1) is 0 Å². The molecule has 0 N–H and O–H groups in total. The molecule has 1 saturated heterocycles. The van der Waals surface area contributed by atoms with Gasteiger partial charge in [0.1, 0.15) is 11.9 Å². The maximum absolute atomic E-state index is 6.28. The van der Waals surface area contributed by atoms with Crippen LogP contribution in [0.3, 0.4) is 0 Å². The number of aryl methyl sites for hydroxylation is 1. The molecular weight excluding hydrogens is 292 g/mol. The standard InChI is InChI=1S/C17H20N4O2/c1-20-8-7-14-15(20)3-2-4-16(14)23-13-5-9-21(10-6-13)11-17-18-12-22-19-17/h2-4,7-8,12-13H,5-6,9-11H2,1H3. The van der Waals surface area contributed by atoms with Crippen LogP contribution in [0.25, 0.3) is 10.9 Å². The van der Waals surface area contributed by atoms with Crippen LogP contribution in [0.2, 0.25) is 0 Å². The number of hydrogen-bond donors (Lipinski definition) is 0. The van der Waals surface area contributed by atoms with Crippen molar-refractivity contribution in [3.63, 3.8) is 0 Å². The number of fused-ring (bicyclic) bond motifs is 1. The van der Waals surface area contributed by atoms with Crippen LogP contribution in [-0.4, -0.2) is 38.8 Å². The molecule has 0 saturated carbocycles. The van der Waals surface area contributed by atoms with E-state index in [4.69, 9.17) is 9.26 Å². The van der Waals surface area contributed by atoms with Gasteiger partial charge in [-0.3, -0.25) is 4.90 Å². The summed E-state index contributed by atoms with van der Waals surface area (Å²) in [5.74, 6) is 1.73. The molecule has 0 atom stereocenters. The molecule has 0 radical (unpaired) electrons. The molecule has 0 bridgehead atoms. The van der Waals surface area contributed by atoms with Gasteiger partial charge in [0.2, 0.25) is 6.39 Å². The Labute approximate surface area is 134 Å². The zero-order valence-corrected chi connectivity index (χ0v) is 13.2. The molecule has 0 amide bonds. The van der Waals surface area contributed by atoms with Gasteiger partial charge in [-0.15, -0.1) is 0 Å². The fourth-order valence-electron chi connectivity index (χ4n) is 3.20. The summed E-state index contributed by atoms with van der Waals surface area (Å²) < 4.78 is 13.2. The monoisotopic (exact) mass is 312 g/mol. The van der Waals surface area contributed by atoms with E-state index >= 15 is 0 Å². The molecule has 1 aliphatic rings. The van der Waals surface area contributed by atoms with Crippen molar-refractivity contribution in [3.8, 4) is 5.75 Å². The van der Waals surface area contributed by atoms with E-state index in [0.29, 0.717) is 0 Å². The molecule has 2 aromatic heterocycles. The molecular formula is C17H20N4O2. The first-order valence-corrected chi connectivity index (χ1v) is 7.98. The van der Waals surface area contributed by atoms with Crippen LogP contribution in [0.1, 0.15) is 18.7 Å². The predicted molar refractivity (Wildman–Crippen MR) is 86.1 cm³/mol. The number of nitrogens with zero attached hydrogens (tertiary/aromatic N) is 4. The molecule has 3 aromatic rings. The van der Waals surface area contributed by atoms with E-state index < -0.39 is 0 Å². The molecule has 0 spiro atoms. The van der Waals surface area contributed by atoms with Gasteiger partial charge in [-0.25, -0.2) is 0 Å². The summed E-state index contributed by atoms with van der Waals surface area (Å²) in [5.41, 5.74) is 1.21. The van der Waals surface area contributed by atoms with Crippen molar-refractivity contribution < 1.29 is 9.26 Å². The number of piperidine rings is 1. The molecule has 1 aromatic carbocycles. The van der Waals surface area contributed by atoms with Gasteiger partial charge in [0, 0.05) is 31.7 Å². The van der Waals surface area contributed by atoms with E-state index in [2.05, 4.69) is 57.1 Å². The minimum absolute atomic E-state index is 0.266. The molecule has 1 aliphatic heterocycles. The quantitative estimate of drug-likeness (QED) is 0.741. The fourth-order valence-corrected chi connectivity index (χ4v) is 3.20. The lowest BCUT2D eigenvalue weighted by Crippen LogP contribution is -2.38. The van der Waals surface area contributed by atoms with Gasteiger partial charge in [0.05, 0.1) is 12.1 Å². The molecule has 1 fully saturated rings. The summed E-state index contributed by atoms with van der Waals surface area (Å²) in [6.07, 6.45) is 5.75. The lowest BCUT2D eigenvalue weighted by atomic mass is 10.1. The zero-order chi connectivity index (χ0) is 15.6. The third-order valence-corrected chi connectivity index (χ3v) is 4.49. The van der Waals surface area contributed by atoms with Gasteiger partial charge in [-0.05, 0) is 31.0 Å². The SMILES string of the molecule is Cn1ccc2c(OC3CCN(Cc4ncon4)CC3)cccc21. The van der Waals surface area contributed by atoms with Crippen LogP contribution in [-0.2, 0) is 13.6 Å². The Kier molecular flexibility index (Phi) is 3.75. The molecule has 0 unspecified atom stereocenters. The largest absolute Gasteiger partial charge is 0.490 e. The Morgan fingerprint density at radius 1 is 1.26 bits per heavy atom. The van der Waals surface area contributed by atoms with Crippen molar-refractivity contribution in [2.24, 2.45) is 7.05 Å². The van der Waals surface area contributed by atoms with Crippen LogP contribution in [0.15, 0.2) is 41.4 Å². The number of ether oxygens (including phenoxy) is 1. The van der Waals surface area contributed by atoms with Crippen molar-refractivity contribution >= 4 is 10.9 Å². The van der Waals surface area contributed by atoms with E-state index in [-0.39, 0.29) is 6.10 Å². The number of likely N-dealkylation sites (tertiary alicyclic amines) is 1. The van der Waals surface area contributed by atoms with Gasteiger partial charge in [0.25, 0.3) is 0 Å². The number of benzene rings is 1. The van der Waals surface area contributed by atoms with Crippen molar-refractivity contribution in [2.75, 3.05) is 13.1 Å². The van der Waals surface area contributed by atoms with Crippen molar-refractivity contribution in [3.05, 3.63) is 42.7 Å². The highest BCUT2D eigenvalue weighted by Gasteiger charge is 2.22. The van der Waals surface area contributed by atoms with E-state index in [1.807, 2.05) is 0 Å². The summed E-state index contributed by atoms with van der Waals surface area (Å²) in [5, 5.41) is 5.06. The van der Waals surface area contributed by atoms with Crippen molar-refractivity contribution in [2.45, 2.75) is 25.5 Å². The van der Waals surface area contributed by atoms with Gasteiger partial charge in [0.15, 0.2) is 5.82 Å². The average molecular weight is 312 g/mol. The number of hydrogen-bond acceptors (Lipinski definition) is 5. The van der Waals surface area contributed by atoms with Gasteiger partial charge in [-0.2, -0.15) is 4.98 Å². The van der Waals surface area contributed by atoms with E-state index in [1.54, 1.807) is 0 Å².